The van der Waals surface area contributed by atoms with E-state index in [4.69, 9.17) is 14.2 Å². The minimum Gasteiger partial charge on any atom is -0.467 e. The first kappa shape index (κ1) is 25.8. The van der Waals surface area contributed by atoms with Gasteiger partial charge in [-0.3, -0.25) is 4.79 Å². The van der Waals surface area contributed by atoms with Gasteiger partial charge in [-0.05, 0) is 30.4 Å². The molecule has 1 aromatic rings. The third-order valence-electron chi connectivity index (χ3n) is 4.16. The lowest BCUT2D eigenvalue weighted by Gasteiger charge is -2.22. The van der Waals surface area contributed by atoms with E-state index in [9.17, 15) is 14.4 Å². The van der Waals surface area contributed by atoms with Crippen LogP contribution >= 0.6 is 11.8 Å². The number of carbonyl (C=O) groups is 3. The first-order valence-corrected chi connectivity index (χ1v) is 11.3. The molecule has 0 aliphatic carbocycles. The summed E-state index contributed by atoms with van der Waals surface area (Å²) in [4.78, 5) is 36.9. The molecule has 0 aromatic heterocycles. The molecule has 0 saturated heterocycles. The third-order valence-corrected chi connectivity index (χ3v) is 4.80. The number of benzene rings is 1. The molecule has 0 aliphatic heterocycles. The fourth-order valence-corrected chi connectivity index (χ4v) is 2.91. The first-order valence-electron chi connectivity index (χ1n) is 9.93. The number of carbonyl (C=O) groups excluding carboxylic acids is 3. The lowest BCUT2D eigenvalue weighted by Crippen LogP contribution is -2.53. The number of hydrogen-bond acceptors (Lipinski definition) is 7. The fourth-order valence-electron chi connectivity index (χ4n) is 2.44. The summed E-state index contributed by atoms with van der Waals surface area (Å²) in [6.07, 6.45) is 3.37. The molecule has 0 radical (unpaired) electrons. The van der Waals surface area contributed by atoms with E-state index in [0.717, 1.165) is 18.4 Å². The summed E-state index contributed by atoms with van der Waals surface area (Å²) in [6, 6.07) is 7.43. The summed E-state index contributed by atoms with van der Waals surface area (Å²) >= 11 is 1.55. The van der Waals surface area contributed by atoms with E-state index in [-0.39, 0.29) is 13.2 Å². The van der Waals surface area contributed by atoms with Gasteiger partial charge in [0.15, 0.2) is 0 Å². The highest BCUT2D eigenvalue weighted by Gasteiger charge is 2.27. The second kappa shape index (κ2) is 15.6. The van der Waals surface area contributed by atoms with Gasteiger partial charge in [-0.25, -0.2) is 9.59 Å². The maximum absolute atomic E-state index is 12.7. The zero-order valence-electron chi connectivity index (χ0n) is 17.8. The van der Waals surface area contributed by atoms with Crippen molar-refractivity contribution in [1.29, 1.82) is 0 Å². The molecule has 0 unspecified atom stereocenters. The van der Waals surface area contributed by atoms with Crippen LogP contribution in [0.4, 0.5) is 4.79 Å². The third kappa shape index (κ3) is 10.5. The highest BCUT2D eigenvalue weighted by Crippen LogP contribution is 2.04. The Balaban J connectivity index is 2.69. The Kier molecular flexibility index (Phi) is 13.4. The van der Waals surface area contributed by atoms with Gasteiger partial charge in [0.25, 0.3) is 0 Å². The van der Waals surface area contributed by atoms with Crippen molar-refractivity contribution in [2.75, 3.05) is 32.3 Å². The van der Waals surface area contributed by atoms with Crippen LogP contribution in [0.5, 0.6) is 0 Å². The second-order valence-electron chi connectivity index (χ2n) is 6.55. The molecule has 0 heterocycles. The molecule has 1 aromatic carbocycles. The fraction of sp³-hybridized carbons (Fsp3) is 0.571. The Morgan fingerprint density at radius 3 is 2.47 bits per heavy atom. The van der Waals surface area contributed by atoms with Crippen molar-refractivity contribution in [3.8, 4) is 0 Å². The van der Waals surface area contributed by atoms with Gasteiger partial charge in [0, 0.05) is 6.61 Å². The summed E-state index contributed by atoms with van der Waals surface area (Å²) in [5.74, 6) is -0.390. The topological polar surface area (TPSA) is 103 Å². The average Bonchev–Trinajstić information content (AvgIpc) is 2.77. The number of unbranched alkanes of at least 4 members (excludes halogenated alkanes) is 1. The van der Waals surface area contributed by atoms with Crippen LogP contribution in [0.2, 0.25) is 0 Å². The first-order chi connectivity index (χ1) is 14.5. The molecule has 2 N–H and O–H groups in total. The highest BCUT2D eigenvalue weighted by atomic mass is 32.2. The van der Waals surface area contributed by atoms with Crippen LogP contribution < -0.4 is 10.6 Å². The lowest BCUT2D eigenvalue weighted by molar-refractivity contribution is -0.145. The quantitative estimate of drug-likeness (QED) is 0.338. The molecule has 0 fully saturated rings. The zero-order valence-corrected chi connectivity index (χ0v) is 18.7. The molecular weight excluding hydrogens is 408 g/mol. The normalized spacial score (nSPS) is 12.5. The maximum atomic E-state index is 12.7. The Morgan fingerprint density at radius 1 is 1.10 bits per heavy atom. The maximum Gasteiger partial charge on any atom is 0.408 e. The van der Waals surface area contributed by atoms with Gasteiger partial charge in [-0.15, -0.1) is 0 Å². The van der Waals surface area contributed by atoms with E-state index in [0.29, 0.717) is 18.8 Å². The number of nitrogens with one attached hydrogen (secondary N) is 2. The number of methoxy groups -OCH3 is 1. The highest BCUT2D eigenvalue weighted by molar-refractivity contribution is 7.98. The number of hydrogen-bond donors (Lipinski definition) is 2. The molecule has 8 nitrogen and oxygen atoms in total. The van der Waals surface area contributed by atoms with Crippen molar-refractivity contribution >= 4 is 29.7 Å². The summed E-state index contributed by atoms with van der Waals surface area (Å²) in [7, 11) is 1.27. The largest absolute Gasteiger partial charge is 0.467 e. The average molecular weight is 441 g/mol. The van der Waals surface area contributed by atoms with E-state index in [1.165, 1.54) is 7.11 Å². The van der Waals surface area contributed by atoms with Gasteiger partial charge in [-0.2, -0.15) is 11.8 Å². The number of alkyl carbamates (subject to hydrolysis) is 1. The van der Waals surface area contributed by atoms with Gasteiger partial charge >= 0.3 is 12.1 Å². The lowest BCUT2D eigenvalue weighted by atomic mass is 10.2. The molecule has 30 heavy (non-hydrogen) atoms. The Hall–Kier alpha value is -2.26. The molecule has 0 spiro atoms. The van der Waals surface area contributed by atoms with Crippen molar-refractivity contribution < 1.29 is 28.6 Å². The molecule has 0 bridgehead atoms. The monoisotopic (exact) mass is 440 g/mol. The van der Waals surface area contributed by atoms with Crippen LogP contribution in [0.15, 0.2) is 30.3 Å². The van der Waals surface area contributed by atoms with Gasteiger partial charge in [0.05, 0.1) is 13.7 Å². The van der Waals surface area contributed by atoms with Crippen LogP contribution in [0.25, 0.3) is 0 Å². The Labute approximate surface area is 182 Å². The molecule has 9 heteroatoms. The van der Waals surface area contributed by atoms with Crippen LogP contribution in [0.3, 0.4) is 0 Å². The van der Waals surface area contributed by atoms with E-state index in [1.807, 2.05) is 43.5 Å². The molecule has 1 rings (SSSR count). The van der Waals surface area contributed by atoms with Crippen molar-refractivity contribution in [3.05, 3.63) is 35.9 Å². The van der Waals surface area contributed by atoms with Gasteiger partial charge < -0.3 is 24.8 Å². The van der Waals surface area contributed by atoms with Crippen molar-refractivity contribution in [1.82, 2.24) is 10.6 Å². The van der Waals surface area contributed by atoms with Crippen molar-refractivity contribution in [2.45, 2.75) is 44.9 Å². The van der Waals surface area contributed by atoms with E-state index < -0.39 is 30.1 Å². The summed E-state index contributed by atoms with van der Waals surface area (Å²) in [5.41, 5.74) is 0.829. The molecule has 2 amide bonds. The number of ether oxygens (including phenoxy) is 3. The van der Waals surface area contributed by atoms with Gasteiger partial charge in [0.1, 0.15) is 18.7 Å². The standard InChI is InChI=1S/C21H32N2O6S/c1-4-5-12-28-15-18(19(24)22-17(11-13-30-3)20(25)27-2)23-21(26)29-14-16-9-7-6-8-10-16/h6-10,17-18H,4-5,11-15H2,1-3H3,(H,22,24)(H,23,26)/t17-,18-/m0/s1. The number of rotatable bonds is 14. The summed E-state index contributed by atoms with van der Waals surface area (Å²) < 4.78 is 15.5. The molecule has 0 saturated carbocycles. The van der Waals surface area contributed by atoms with Gasteiger partial charge in [0.2, 0.25) is 5.91 Å². The van der Waals surface area contributed by atoms with E-state index in [2.05, 4.69) is 10.6 Å². The Bertz CT molecular complexity index is 644. The molecule has 0 aliphatic rings. The van der Waals surface area contributed by atoms with Crippen LogP contribution in [-0.2, 0) is 30.4 Å². The minimum atomic E-state index is -0.994. The van der Waals surface area contributed by atoms with E-state index >= 15 is 0 Å². The van der Waals surface area contributed by atoms with Crippen LogP contribution in [0, 0.1) is 0 Å². The number of thioether (sulfide) groups is 1. The predicted octanol–water partition coefficient (Wildman–Crippen LogP) is 2.51. The van der Waals surface area contributed by atoms with Crippen LogP contribution in [-0.4, -0.2) is 62.4 Å². The zero-order chi connectivity index (χ0) is 22.2. The Morgan fingerprint density at radius 2 is 1.83 bits per heavy atom. The van der Waals surface area contributed by atoms with Gasteiger partial charge in [-0.1, -0.05) is 43.7 Å². The van der Waals surface area contributed by atoms with E-state index in [1.54, 1.807) is 11.8 Å². The predicted molar refractivity (Wildman–Crippen MR) is 116 cm³/mol. The SMILES string of the molecule is CCCCOC[C@H](NC(=O)OCc1ccccc1)C(=O)N[C@@H](CCSC)C(=O)OC. The van der Waals surface area contributed by atoms with Crippen molar-refractivity contribution in [3.63, 3.8) is 0 Å². The molecule has 168 valence electrons. The number of esters is 1. The van der Waals surface area contributed by atoms with Crippen molar-refractivity contribution in [2.24, 2.45) is 0 Å². The summed E-state index contributed by atoms with van der Waals surface area (Å²) in [6.45, 7) is 2.55. The smallest absolute Gasteiger partial charge is 0.408 e. The molecular formula is C21H32N2O6S. The number of amides is 2. The second-order valence-corrected chi connectivity index (χ2v) is 7.54. The minimum absolute atomic E-state index is 0.0251. The molecule has 2 atom stereocenters. The summed E-state index contributed by atoms with van der Waals surface area (Å²) in [5, 5.41) is 5.17. The van der Waals surface area contributed by atoms with Crippen LogP contribution in [0.1, 0.15) is 31.7 Å².